The summed E-state index contributed by atoms with van der Waals surface area (Å²) in [4.78, 5) is 21.3. The summed E-state index contributed by atoms with van der Waals surface area (Å²) >= 11 is 1.65. The normalized spacial score (nSPS) is 14.9. The van der Waals surface area contributed by atoms with Gasteiger partial charge in [0.1, 0.15) is 17.3 Å². The molecule has 1 N–H and O–H groups in total. The quantitative estimate of drug-likeness (QED) is 0.446. The molecule has 2 aromatic carbocycles. The van der Waals surface area contributed by atoms with Crippen molar-refractivity contribution in [3.05, 3.63) is 48.3 Å². The predicted molar refractivity (Wildman–Crippen MR) is 131 cm³/mol. The Morgan fingerprint density at radius 2 is 1.88 bits per heavy atom. The lowest BCUT2D eigenvalue weighted by Crippen LogP contribution is -2.48. The van der Waals surface area contributed by atoms with E-state index in [0.717, 1.165) is 59.4 Å². The highest BCUT2D eigenvalue weighted by molar-refractivity contribution is 7.92. The summed E-state index contributed by atoms with van der Waals surface area (Å²) in [5.41, 5.74) is 0.962. The first kappa shape index (κ1) is 24.4. The minimum Gasteiger partial charge on any atom is -0.494 e. The highest BCUT2D eigenvalue weighted by Gasteiger charge is 2.22. The molecule has 8 nitrogen and oxygen atoms in total. The number of aromatic nitrogens is 1. The first-order chi connectivity index (χ1) is 16.3. The molecule has 1 saturated heterocycles. The number of anilines is 1. The van der Waals surface area contributed by atoms with Gasteiger partial charge in [-0.2, -0.15) is 0 Å². The third kappa shape index (κ3) is 6.02. The van der Waals surface area contributed by atoms with Crippen LogP contribution >= 0.6 is 11.3 Å². The maximum atomic E-state index is 13.0. The van der Waals surface area contributed by atoms with Crippen LogP contribution in [0.15, 0.2) is 47.4 Å². The molecule has 0 radical (unpaired) electrons. The lowest BCUT2D eigenvalue weighted by molar-refractivity contribution is -0.118. The molecule has 0 bridgehead atoms. The number of thiazole rings is 1. The molecule has 1 aromatic heterocycles. The number of fused-ring (bicyclic) bond motifs is 1. The van der Waals surface area contributed by atoms with Gasteiger partial charge in [0.05, 0.1) is 21.7 Å². The van der Waals surface area contributed by atoms with Crippen LogP contribution in [0.25, 0.3) is 10.2 Å². The lowest BCUT2D eigenvalue weighted by Gasteiger charge is -2.34. The number of carbonyl (C=O) groups is 1. The summed E-state index contributed by atoms with van der Waals surface area (Å²) < 4.78 is 44.3. The highest BCUT2D eigenvalue weighted by atomic mass is 32.2. The van der Waals surface area contributed by atoms with Crippen LogP contribution in [-0.2, 0) is 14.6 Å². The maximum absolute atomic E-state index is 13.0. The van der Waals surface area contributed by atoms with Gasteiger partial charge < -0.3 is 15.0 Å². The van der Waals surface area contributed by atoms with E-state index in [0.29, 0.717) is 19.7 Å². The van der Waals surface area contributed by atoms with E-state index in [9.17, 15) is 17.6 Å². The van der Waals surface area contributed by atoms with Gasteiger partial charge in [-0.25, -0.2) is 17.8 Å². The fourth-order valence-electron chi connectivity index (χ4n) is 3.75. The molecular formula is C23H27FN4O4S2. The molecule has 182 valence electrons. The topological polar surface area (TPSA) is 91.8 Å². The molecule has 1 fully saturated rings. The molecule has 0 unspecified atom stereocenters. The summed E-state index contributed by atoms with van der Waals surface area (Å²) in [6, 6.07) is 10.4. The summed E-state index contributed by atoms with van der Waals surface area (Å²) in [7, 11) is -3.80. The Bertz CT molecular complexity index is 1240. The first-order valence-electron chi connectivity index (χ1n) is 11.1. The van der Waals surface area contributed by atoms with Crippen molar-refractivity contribution in [1.29, 1.82) is 0 Å². The zero-order chi connectivity index (χ0) is 24.1. The van der Waals surface area contributed by atoms with Crippen LogP contribution in [0.1, 0.15) is 6.92 Å². The Balaban J connectivity index is 1.22. The molecule has 3 aromatic rings. The van der Waals surface area contributed by atoms with Crippen LogP contribution in [0.5, 0.6) is 5.75 Å². The highest BCUT2D eigenvalue weighted by Crippen LogP contribution is 2.31. The molecule has 1 aliphatic rings. The summed E-state index contributed by atoms with van der Waals surface area (Å²) in [5.74, 6) is -0.900. The predicted octanol–water partition coefficient (Wildman–Crippen LogP) is 2.55. The van der Waals surface area contributed by atoms with Crippen LogP contribution < -0.4 is 15.0 Å². The summed E-state index contributed by atoms with van der Waals surface area (Å²) in [6.45, 7) is 6.88. The maximum Gasteiger partial charge on any atom is 0.235 e. The van der Waals surface area contributed by atoms with Gasteiger partial charge in [0, 0.05) is 39.3 Å². The standard InChI is InChI=1S/C23H27FN4O4S2/c1-2-32-18-5-8-20-21(15-18)33-23(26-20)28-13-11-27(12-14-28)10-9-25-22(29)16-34(30,31)19-6-3-17(24)4-7-19/h3-8,15H,2,9-14,16H2,1H3,(H,25,29). The van der Waals surface area contributed by atoms with E-state index in [2.05, 4.69) is 15.1 Å². The molecule has 34 heavy (non-hydrogen) atoms. The SMILES string of the molecule is CCOc1ccc2nc(N3CCN(CCNC(=O)CS(=O)(=O)c4ccc(F)cc4)CC3)sc2c1. The van der Waals surface area contributed by atoms with Crippen molar-refractivity contribution in [1.82, 2.24) is 15.2 Å². The molecule has 1 aliphatic heterocycles. The van der Waals surface area contributed by atoms with Crippen molar-refractivity contribution >= 4 is 42.4 Å². The van der Waals surface area contributed by atoms with Gasteiger partial charge in [-0.3, -0.25) is 9.69 Å². The molecular weight excluding hydrogens is 479 g/mol. The smallest absolute Gasteiger partial charge is 0.235 e. The number of hydrogen-bond donors (Lipinski definition) is 1. The van der Waals surface area contributed by atoms with Crippen molar-refractivity contribution in [3.63, 3.8) is 0 Å². The number of amides is 1. The van der Waals surface area contributed by atoms with Crippen molar-refractivity contribution < 1.29 is 22.3 Å². The zero-order valence-corrected chi connectivity index (χ0v) is 20.5. The molecule has 0 spiro atoms. The van der Waals surface area contributed by atoms with Crippen LogP contribution in [0.3, 0.4) is 0 Å². The van der Waals surface area contributed by atoms with Crippen molar-refractivity contribution in [3.8, 4) is 5.75 Å². The Morgan fingerprint density at radius 3 is 2.59 bits per heavy atom. The molecule has 0 atom stereocenters. The van der Waals surface area contributed by atoms with Crippen LogP contribution in [0.4, 0.5) is 9.52 Å². The number of nitrogens with one attached hydrogen (secondary N) is 1. The molecule has 11 heteroatoms. The minimum atomic E-state index is -3.80. The van der Waals surface area contributed by atoms with Gasteiger partial charge in [0.2, 0.25) is 5.91 Å². The third-order valence-electron chi connectivity index (χ3n) is 5.55. The van der Waals surface area contributed by atoms with Gasteiger partial charge in [-0.1, -0.05) is 11.3 Å². The van der Waals surface area contributed by atoms with E-state index >= 15 is 0 Å². The second-order valence-electron chi connectivity index (χ2n) is 7.95. The third-order valence-corrected chi connectivity index (χ3v) is 8.26. The Hall–Kier alpha value is -2.76. The van der Waals surface area contributed by atoms with Crippen LogP contribution in [0, 0.1) is 5.82 Å². The Kier molecular flexibility index (Phi) is 7.64. The van der Waals surface area contributed by atoms with Gasteiger partial charge in [0.15, 0.2) is 15.0 Å². The fraction of sp³-hybridized carbons (Fsp3) is 0.391. The van der Waals surface area contributed by atoms with E-state index in [1.807, 2.05) is 25.1 Å². The molecule has 0 aliphatic carbocycles. The van der Waals surface area contributed by atoms with Crippen LogP contribution in [-0.4, -0.2) is 75.8 Å². The first-order valence-corrected chi connectivity index (χ1v) is 13.6. The lowest BCUT2D eigenvalue weighted by atomic mass is 10.3. The number of sulfone groups is 1. The number of piperazine rings is 1. The van der Waals surface area contributed by atoms with E-state index in [1.54, 1.807) is 11.3 Å². The van der Waals surface area contributed by atoms with E-state index in [-0.39, 0.29) is 4.90 Å². The molecule has 2 heterocycles. The number of rotatable bonds is 9. The number of hydrogen-bond acceptors (Lipinski definition) is 8. The number of benzene rings is 2. The summed E-state index contributed by atoms with van der Waals surface area (Å²) in [5, 5.41) is 3.66. The van der Waals surface area contributed by atoms with Gasteiger partial charge in [-0.05, 0) is 49.4 Å². The average Bonchev–Trinajstić information content (AvgIpc) is 3.23. The Morgan fingerprint density at radius 1 is 1.15 bits per heavy atom. The van der Waals surface area contributed by atoms with E-state index < -0.39 is 27.3 Å². The van der Waals surface area contributed by atoms with Crippen molar-refractivity contribution in [2.75, 3.05) is 56.5 Å². The number of carbonyl (C=O) groups excluding carboxylic acids is 1. The molecule has 4 rings (SSSR count). The van der Waals surface area contributed by atoms with Crippen LogP contribution in [0.2, 0.25) is 0 Å². The number of halogens is 1. The number of ether oxygens (including phenoxy) is 1. The minimum absolute atomic E-state index is 0.0656. The van der Waals surface area contributed by atoms with Gasteiger partial charge in [-0.15, -0.1) is 0 Å². The molecule has 0 saturated carbocycles. The zero-order valence-electron chi connectivity index (χ0n) is 18.9. The monoisotopic (exact) mass is 506 g/mol. The second kappa shape index (κ2) is 10.7. The van der Waals surface area contributed by atoms with Gasteiger partial charge >= 0.3 is 0 Å². The average molecular weight is 507 g/mol. The van der Waals surface area contributed by atoms with E-state index in [1.165, 1.54) is 12.1 Å². The second-order valence-corrected chi connectivity index (χ2v) is 10.9. The van der Waals surface area contributed by atoms with Crippen molar-refractivity contribution in [2.24, 2.45) is 0 Å². The summed E-state index contributed by atoms with van der Waals surface area (Å²) in [6.07, 6.45) is 0. The van der Waals surface area contributed by atoms with Gasteiger partial charge in [0.25, 0.3) is 0 Å². The fourth-order valence-corrected chi connectivity index (χ4v) is 5.96. The largest absolute Gasteiger partial charge is 0.494 e. The van der Waals surface area contributed by atoms with Crippen molar-refractivity contribution in [2.45, 2.75) is 11.8 Å². The molecule has 1 amide bonds. The van der Waals surface area contributed by atoms with E-state index in [4.69, 9.17) is 9.72 Å². The number of nitrogens with zero attached hydrogens (tertiary/aromatic N) is 3. The Labute approximate surface area is 202 Å².